The van der Waals surface area contributed by atoms with E-state index in [2.05, 4.69) is 11.4 Å². The van der Waals surface area contributed by atoms with Crippen LogP contribution < -0.4 is 10.1 Å². The lowest BCUT2D eigenvalue weighted by atomic mass is 10.2. The van der Waals surface area contributed by atoms with E-state index in [1.165, 1.54) is 0 Å². The van der Waals surface area contributed by atoms with E-state index in [0.29, 0.717) is 36.8 Å². The van der Waals surface area contributed by atoms with Crippen LogP contribution in [0.2, 0.25) is 0 Å². The maximum atomic E-state index is 12.1. The molecule has 1 N–H and O–H groups in total. The fourth-order valence-electron chi connectivity index (χ4n) is 2.08. The number of hydrogen-bond donors (Lipinski definition) is 1. The Morgan fingerprint density at radius 3 is 2.82 bits per heavy atom. The zero-order chi connectivity index (χ0) is 15.2. The Labute approximate surface area is 128 Å². The summed E-state index contributed by atoms with van der Waals surface area (Å²) in [4.78, 5) is 12.1. The Hall–Kier alpha value is -2.37. The van der Waals surface area contributed by atoms with Crippen molar-refractivity contribution in [3.63, 3.8) is 0 Å². The molecule has 1 amide bonds. The lowest BCUT2D eigenvalue weighted by Crippen LogP contribution is -2.32. The minimum absolute atomic E-state index is 0.191. The quantitative estimate of drug-likeness (QED) is 0.921. The van der Waals surface area contributed by atoms with E-state index in [1.807, 2.05) is 12.1 Å². The summed E-state index contributed by atoms with van der Waals surface area (Å²) in [5.74, 6) is 1.08. The van der Waals surface area contributed by atoms with E-state index in [1.54, 1.807) is 36.4 Å². The van der Waals surface area contributed by atoms with Gasteiger partial charge in [-0.15, -0.1) is 0 Å². The second kappa shape index (κ2) is 7.06. The van der Waals surface area contributed by atoms with Crippen LogP contribution in [0, 0.1) is 6.07 Å². The van der Waals surface area contributed by atoms with Crippen LogP contribution in [0.3, 0.4) is 0 Å². The number of nitrogens with one attached hydrogen (secondary N) is 1. The molecule has 1 fully saturated rings. The summed E-state index contributed by atoms with van der Waals surface area (Å²) >= 11 is 0. The van der Waals surface area contributed by atoms with E-state index in [0.717, 1.165) is 0 Å². The van der Waals surface area contributed by atoms with Crippen LogP contribution in [0.1, 0.15) is 10.4 Å². The Balaban J connectivity index is 1.61. The first kappa shape index (κ1) is 14.6. The SMILES string of the molecule is O=C(NCC1OCCO1)c1cccc(Oc2c[c]ccc2)c1. The van der Waals surface area contributed by atoms with Crippen molar-refractivity contribution < 1.29 is 19.0 Å². The molecule has 0 saturated carbocycles. The van der Waals surface area contributed by atoms with E-state index in [9.17, 15) is 4.79 Å². The summed E-state index contributed by atoms with van der Waals surface area (Å²) in [6, 6.07) is 17.1. The second-order valence-electron chi connectivity index (χ2n) is 4.75. The van der Waals surface area contributed by atoms with Gasteiger partial charge in [-0.25, -0.2) is 0 Å². The predicted octanol–water partition coefficient (Wildman–Crippen LogP) is 2.38. The highest BCUT2D eigenvalue weighted by Crippen LogP contribution is 2.21. The minimum Gasteiger partial charge on any atom is -0.457 e. The third-order valence-electron chi connectivity index (χ3n) is 3.13. The number of hydrogen-bond acceptors (Lipinski definition) is 4. The number of rotatable bonds is 5. The Morgan fingerprint density at radius 1 is 1.23 bits per heavy atom. The standard InChI is InChI=1S/C17H16NO4/c19-17(18-12-16-20-9-10-21-16)13-5-4-8-15(11-13)22-14-6-2-1-3-7-14/h1-2,4-8,11,16H,9-10,12H2,(H,18,19). The van der Waals surface area contributed by atoms with E-state index in [4.69, 9.17) is 14.2 Å². The normalized spacial score (nSPS) is 14.7. The first-order valence-corrected chi connectivity index (χ1v) is 7.07. The van der Waals surface area contributed by atoms with Gasteiger partial charge in [0.2, 0.25) is 0 Å². The minimum atomic E-state index is -0.358. The fourth-order valence-corrected chi connectivity index (χ4v) is 2.08. The van der Waals surface area contributed by atoms with Gasteiger partial charge < -0.3 is 19.5 Å². The van der Waals surface area contributed by atoms with Crippen molar-refractivity contribution in [2.24, 2.45) is 0 Å². The summed E-state index contributed by atoms with van der Waals surface area (Å²) in [6.07, 6.45) is -0.358. The molecule has 0 unspecified atom stereocenters. The van der Waals surface area contributed by atoms with E-state index in [-0.39, 0.29) is 12.2 Å². The van der Waals surface area contributed by atoms with Gasteiger partial charge in [0, 0.05) is 5.56 Å². The average molecular weight is 298 g/mol. The molecule has 1 radical (unpaired) electrons. The third-order valence-corrected chi connectivity index (χ3v) is 3.13. The average Bonchev–Trinajstić information content (AvgIpc) is 3.07. The highest BCUT2D eigenvalue weighted by molar-refractivity contribution is 5.94. The van der Waals surface area contributed by atoms with Gasteiger partial charge in [0.25, 0.3) is 5.91 Å². The maximum Gasteiger partial charge on any atom is 0.251 e. The van der Waals surface area contributed by atoms with Crippen molar-refractivity contribution in [3.05, 3.63) is 60.2 Å². The Morgan fingerprint density at radius 2 is 2.05 bits per heavy atom. The van der Waals surface area contributed by atoms with Gasteiger partial charge in [-0.3, -0.25) is 4.79 Å². The van der Waals surface area contributed by atoms with Crippen LogP contribution in [0.15, 0.2) is 48.5 Å². The van der Waals surface area contributed by atoms with Crippen molar-refractivity contribution in [2.75, 3.05) is 19.8 Å². The highest BCUT2D eigenvalue weighted by atomic mass is 16.7. The van der Waals surface area contributed by atoms with Crippen molar-refractivity contribution in [2.45, 2.75) is 6.29 Å². The first-order valence-electron chi connectivity index (χ1n) is 7.07. The number of carbonyl (C=O) groups excluding carboxylic acids is 1. The molecule has 113 valence electrons. The van der Waals surface area contributed by atoms with Gasteiger partial charge in [0.05, 0.1) is 19.8 Å². The summed E-state index contributed by atoms with van der Waals surface area (Å²) in [5.41, 5.74) is 0.524. The molecule has 0 aromatic heterocycles. The largest absolute Gasteiger partial charge is 0.457 e. The second-order valence-corrected chi connectivity index (χ2v) is 4.75. The number of benzene rings is 2. The summed E-state index contributed by atoms with van der Waals surface area (Å²) in [7, 11) is 0. The lowest BCUT2D eigenvalue weighted by molar-refractivity contribution is -0.0379. The van der Waals surface area contributed by atoms with Crippen LogP contribution in [0.25, 0.3) is 0 Å². The molecule has 5 heteroatoms. The summed E-state index contributed by atoms with van der Waals surface area (Å²) in [6.45, 7) is 1.47. The maximum absolute atomic E-state index is 12.1. The fraction of sp³-hybridized carbons (Fsp3) is 0.235. The van der Waals surface area contributed by atoms with Gasteiger partial charge in [0.1, 0.15) is 11.5 Å². The molecule has 0 spiro atoms. The molecule has 22 heavy (non-hydrogen) atoms. The number of amides is 1. The molecular formula is C17H16NO4. The third kappa shape index (κ3) is 3.84. The first-order chi connectivity index (χ1) is 10.8. The molecular weight excluding hydrogens is 282 g/mol. The highest BCUT2D eigenvalue weighted by Gasteiger charge is 2.17. The number of ether oxygens (including phenoxy) is 3. The van der Waals surface area contributed by atoms with Gasteiger partial charge in [-0.05, 0) is 36.4 Å². The monoisotopic (exact) mass is 298 g/mol. The molecule has 2 aromatic rings. The van der Waals surface area contributed by atoms with Crippen LogP contribution >= 0.6 is 0 Å². The van der Waals surface area contributed by atoms with Crippen LogP contribution in [-0.2, 0) is 9.47 Å². The predicted molar refractivity (Wildman–Crippen MR) is 79.8 cm³/mol. The number of carbonyl (C=O) groups is 1. The molecule has 1 saturated heterocycles. The van der Waals surface area contributed by atoms with Crippen molar-refractivity contribution in [3.8, 4) is 11.5 Å². The van der Waals surface area contributed by atoms with Crippen molar-refractivity contribution in [1.82, 2.24) is 5.32 Å². The molecule has 0 atom stereocenters. The molecule has 3 rings (SSSR count). The molecule has 1 aliphatic heterocycles. The molecule has 0 aliphatic carbocycles. The topological polar surface area (TPSA) is 56.8 Å². The molecule has 2 aromatic carbocycles. The zero-order valence-electron chi connectivity index (χ0n) is 12.0. The summed E-state index contributed by atoms with van der Waals surface area (Å²) in [5, 5.41) is 2.78. The Bertz CT molecular complexity index is 624. The van der Waals surface area contributed by atoms with Gasteiger partial charge in [0.15, 0.2) is 6.29 Å². The Kier molecular flexibility index (Phi) is 4.68. The molecule has 5 nitrogen and oxygen atoms in total. The molecule has 1 aliphatic rings. The van der Waals surface area contributed by atoms with E-state index < -0.39 is 0 Å². The summed E-state index contributed by atoms with van der Waals surface area (Å²) < 4.78 is 16.2. The van der Waals surface area contributed by atoms with Crippen molar-refractivity contribution >= 4 is 5.91 Å². The van der Waals surface area contributed by atoms with Gasteiger partial charge in [-0.1, -0.05) is 18.2 Å². The van der Waals surface area contributed by atoms with Crippen LogP contribution in [0.5, 0.6) is 11.5 Å². The lowest BCUT2D eigenvalue weighted by Gasteiger charge is -2.11. The van der Waals surface area contributed by atoms with E-state index >= 15 is 0 Å². The molecule has 1 heterocycles. The van der Waals surface area contributed by atoms with Crippen LogP contribution in [0.4, 0.5) is 0 Å². The van der Waals surface area contributed by atoms with Gasteiger partial charge in [-0.2, -0.15) is 0 Å². The van der Waals surface area contributed by atoms with Crippen LogP contribution in [-0.4, -0.2) is 32.0 Å². The van der Waals surface area contributed by atoms with Gasteiger partial charge >= 0.3 is 0 Å². The van der Waals surface area contributed by atoms with Crippen molar-refractivity contribution in [1.29, 1.82) is 0 Å². The zero-order valence-corrected chi connectivity index (χ0v) is 12.0. The smallest absolute Gasteiger partial charge is 0.251 e. The molecule has 0 bridgehead atoms.